The van der Waals surface area contributed by atoms with Crippen molar-refractivity contribution in [2.24, 2.45) is 0 Å². The Morgan fingerprint density at radius 3 is 2.35 bits per heavy atom. The lowest BCUT2D eigenvalue weighted by Gasteiger charge is -2.37. The molecule has 0 bridgehead atoms. The van der Waals surface area contributed by atoms with Gasteiger partial charge in [0.05, 0.1) is 25.8 Å². The number of aryl methyl sites for hydroxylation is 1. The number of thiocarbonyl (C=S) groups is 1. The summed E-state index contributed by atoms with van der Waals surface area (Å²) >= 11 is 5.59. The number of hydrogen-bond acceptors (Lipinski definition) is 5. The number of rotatable bonds is 6. The maximum Gasteiger partial charge on any atom is 0.387 e. The van der Waals surface area contributed by atoms with Crippen molar-refractivity contribution in [1.29, 1.82) is 0 Å². The number of halogens is 2. The summed E-state index contributed by atoms with van der Waals surface area (Å²) in [6.07, 6.45) is 0. The number of anilines is 1. The molecule has 1 N–H and O–H groups in total. The van der Waals surface area contributed by atoms with Gasteiger partial charge in [-0.2, -0.15) is 8.78 Å². The van der Waals surface area contributed by atoms with Gasteiger partial charge in [0.1, 0.15) is 0 Å². The van der Waals surface area contributed by atoms with Crippen molar-refractivity contribution in [2.45, 2.75) is 26.5 Å². The number of methoxy groups -OCH3 is 2. The molecule has 0 amide bonds. The Morgan fingerprint density at radius 1 is 1.10 bits per heavy atom. The lowest BCUT2D eigenvalue weighted by Crippen LogP contribution is -2.48. The molecule has 0 saturated heterocycles. The highest BCUT2D eigenvalue weighted by Crippen LogP contribution is 2.38. The SMILES string of the molecule is COC(=O)C1=C(C)N(c2ccc(C)cc2)C(=S)NC1c1ccc(OC(F)F)c(OC)c1. The quantitative estimate of drug-likeness (QED) is 0.516. The van der Waals surface area contributed by atoms with Crippen LogP contribution in [0.1, 0.15) is 24.1 Å². The van der Waals surface area contributed by atoms with E-state index in [1.165, 1.54) is 26.4 Å². The molecule has 9 heteroatoms. The Hall–Kier alpha value is -3.20. The van der Waals surface area contributed by atoms with Crippen LogP contribution in [0.2, 0.25) is 0 Å². The van der Waals surface area contributed by atoms with E-state index in [0.29, 0.717) is 21.9 Å². The van der Waals surface area contributed by atoms with Crippen molar-refractivity contribution in [3.63, 3.8) is 0 Å². The predicted molar refractivity (Wildman–Crippen MR) is 116 cm³/mol. The van der Waals surface area contributed by atoms with E-state index in [-0.39, 0.29) is 11.5 Å². The summed E-state index contributed by atoms with van der Waals surface area (Å²) in [4.78, 5) is 14.5. The number of nitrogens with zero attached hydrogens (tertiary/aromatic N) is 1. The molecule has 164 valence electrons. The second-order valence-electron chi connectivity index (χ2n) is 6.83. The minimum atomic E-state index is -2.99. The average Bonchev–Trinajstić information content (AvgIpc) is 2.74. The Labute approximate surface area is 184 Å². The molecule has 0 saturated carbocycles. The number of ether oxygens (including phenoxy) is 3. The number of benzene rings is 2. The van der Waals surface area contributed by atoms with Crippen molar-refractivity contribution in [3.05, 3.63) is 64.9 Å². The average molecular weight is 448 g/mol. The lowest BCUT2D eigenvalue weighted by atomic mass is 9.94. The summed E-state index contributed by atoms with van der Waals surface area (Å²) in [7, 11) is 2.64. The van der Waals surface area contributed by atoms with E-state index in [1.54, 1.807) is 17.9 Å². The number of allylic oxidation sites excluding steroid dienone is 1. The second-order valence-corrected chi connectivity index (χ2v) is 7.22. The predicted octanol–water partition coefficient (Wildman–Crippen LogP) is 4.49. The van der Waals surface area contributed by atoms with Gasteiger partial charge in [0.25, 0.3) is 0 Å². The minimum absolute atomic E-state index is 0.105. The number of carbonyl (C=O) groups is 1. The van der Waals surface area contributed by atoms with Crippen LogP contribution in [0.15, 0.2) is 53.7 Å². The Kier molecular flexibility index (Phi) is 6.74. The van der Waals surface area contributed by atoms with Gasteiger partial charge in [-0.15, -0.1) is 0 Å². The molecule has 1 aliphatic heterocycles. The number of nitrogens with one attached hydrogen (secondary N) is 1. The zero-order chi connectivity index (χ0) is 22.7. The highest BCUT2D eigenvalue weighted by atomic mass is 32.1. The van der Waals surface area contributed by atoms with Gasteiger partial charge >= 0.3 is 12.6 Å². The normalized spacial score (nSPS) is 16.3. The maximum absolute atomic E-state index is 12.7. The fraction of sp³-hybridized carbons (Fsp3) is 0.273. The smallest absolute Gasteiger partial charge is 0.387 e. The second kappa shape index (κ2) is 9.30. The van der Waals surface area contributed by atoms with Crippen LogP contribution in [-0.4, -0.2) is 31.9 Å². The van der Waals surface area contributed by atoms with Crippen LogP contribution in [0, 0.1) is 6.92 Å². The van der Waals surface area contributed by atoms with Crippen molar-refractivity contribution in [3.8, 4) is 11.5 Å². The molecule has 0 fully saturated rings. The molecular formula is C22H22F2N2O4S. The third-order valence-electron chi connectivity index (χ3n) is 4.92. The van der Waals surface area contributed by atoms with E-state index in [2.05, 4.69) is 10.1 Å². The molecular weight excluding hydrogens is 426 g/mol. The van der Waals surface area contributed by atoms with Crippen LogP contribution in [0.25, 0.3) is 0 Å². The maximum atomic E-state index is 12.7. The van der Waals surface area contributed by atoms with Crippen molar-refractivity contribution >= 4 is 29.0 Å². The molecule has 31 heavy (non-hydrogen) atoms. The fourth-order valence-corrected chi connectivity index (χ4v) is 3.79. The Morgan fingerprint density at radius 2 is 1.77 bits per heavy atom. The first-order valence-corrected chi connectivity index (χ1v) is 9.76. The molecule has 2 aromatic carbocycles. The van der Waals surface area contributed by atoms with Gasteiger partial charge in [-0.25, -0.2) is 4.79 Å². The molecule has 0 radical (unpaired) electrons. The third-order valence-corrected chi connectivity index (χ3v) is 5.22. The molecule has 0 aromatic heterocycles. The summed E-state index contributed by atoms with van der Waals surface area (Å²) in [6, 6.07) is 11.5. The molecule has 0 aliphatic carbocycles. The summed E-state index contributed by atoms with van der Waals surface area (Å²) in [5.41, 5.74) is 3.38. The molecule has 1 atom stereocenters. The zero-order valence-electron chi connectivity index (χ0n) is 17.4. The van der Waals surface area contributed by atoms with Crippen molar-refractivity contribution in [2.75, 3.05) is 19.1 Å². The lowest BCUT2D eigenvalue weighted by molar-refractivity contribution is -0.136. The zero-order valence-corrected chi connectivity index (χ0v) is 18.3. The van der Waals surface area contributed by atoms with Crippen molar-refractivity contribution < 1.29 is 27.8 Å². The van der Waals surface area contributed by atoms with Gasteiger partial charge in [0, 0.05) is 11.4 Å². The highest BCUT2D eigenvalue weighted by molar-refractivity contribution is 7.80. The topological polar surface area (TPSA) is 60.0 Å². The number of alkyl halides is 2. The molecule has 0 spiro atoms. The van der Waals surface area contributed by atoms with Gasteiger partial charge in [-0.05, 0) is 55.9 Å². The van der Waals surface area contributed by atoms with E-state index in [0.717, 1.165) is 11.3 Å². The first-order valence-electron chi connectivity index (χ1n) is 9.36. The summed E-state index contributed by atoms with van der Waals surface area (Å²) in [5, 5.41) is 3.54. The molecule has 1 heterocycles. The monoisotopic (exact) mass is 448 g/mol. The van der Waals surface area contributed by atoms with E-state index in [9.17, 15) is 13.6 Å². The van der Waals surface area contributed by atoms with E-state index >= 15 is 0 Å². The largest absolute Gasteiger partial charge is 0.493 e. The first kappa shape index (κ1) is 22.5. The van der Waals surface area contributed by atoms with E-state index < -0.39 is 18.6 Å². The molecule has 1 aliphatic rings. The molecule has 3 rings (SSSR count). The van der Waals surface area contributed by atoms with Crippen LogP contribution in [-0.2, 0) is 9.53 Å². The fourth-order valence-electron chi connectivity index (χ4n) is 3.43. The Bertz CT molecular complexity index is 1020. The standard InChI is InChI=1S/C22H22F2N2O4S/c1-12-5-8-15(9-6-12)26-13(2)18(20(27)29-4)19(25-22(26)31)14-7-10-16(30-21(23)24)17(11-14)28-3/h5-11,19,21H,1-4H3,(H,25,31). The third kappa shape index (κ3) is 4.61. The summed E-state index contributed by atoms with van der Waals surface area (Å²) in [6.45, 7) is 0.762. The van der Waals surface area contributed by atoms with Gasteiger partial charge in [0.2, 0.25) is 0 Å². The molecule has 6 nitrogen and oxygen atoms in total. The molecule has 2 aromatic rings. The number of carbonyl (C=O) groups excluding carboxylic acids is 1. The van der Waals surface area contributed by atoms with Crippen molar-refractivity contribution in [1.82, 2.24) is 5.32 Å². The summed E-state index contributed by atoms with van der Waals surface area (Å²) in [5.74, 6) is -0.545. The minimum Gasteiger partial charge on any atom is -0.493 e. The van der Waals surface area contributed by atoms with Crippen LogP contribution >= 0.6 is 12.2 Å². The van der Waals surface area contributed by atoms with Crippen LogP contribution < -0.4 is 19.7 Å². The van der Waals surface area contributed by atoms with Gasteiger partial charge in [0.15, 0.2) is 16.6 Å². The van der Waals surface area contributed by atoms with Crippen LogP contribution in [0.4, 0.5) is 14.5 Å². The van der Waals surface area contributed by atoms with Gasteiger partial charge in [-0.3, -0.25) is 4.90 Å². The van der Waals surface area contributed by atoms with Gasteiger partial charge < -0.3 is 19.5 Å². The Balaban J connectivity index is 2.09. The highest BCUT2D eigenvalue weighted by Gasteiger charge is 2.35. The van der Waals surface area contributed by atoms with E-state index in [4.69, 9.17) is 21.7 Å². The number of esters is 1. The number of hydrogen-bond donors (Lipinski definition) is 1. The molecule has 1 unspecified atom stereocenters. The van der Waals surface area contributed by atoms with Gasteiger partial charge in [-0.1, -0.05) is 23.8 Å². The van der Waals surface area contributed by atoms with Crippen LogP contribution in [0.5, 0.6) is 11.5 Å². The summed E-state index contributed by atoms with van der Waals surface area (Å²) < 4.78 is 40.0. The van der Waals surface area contributed by atoms with Crippen LogP contribution in [0.3, 0.4) is 0 Å². The first-order chi connectivity index (χ1) is 14.8. The van der Waals surface area contributed by atoms with E-state index in [1.807, 2.05) is 31.2 Å².